The summed E-state index contributed by atoms with van der Waals surface area (Å²) in [6.07, 6.45) is 1.62. The molecule has 1 aliphatic heterocycles. The van der Waals surface area contributed by atoms with Crippen molar-refractivity contribution in [3.63, 3.8) is 0 Å². The number of benzene rings is 2. The average Bonchev–Trinajstić information content (AvgIpc) is 3.37. The number of ether oxygens (including phenoxy) is 1. The van der Waals surface area contributed by atoms with Crippen LogP contribution in [0.3, 0.4) is 0 Å². The molecule has 37 heavy (non-hydrogen) atoms. The SMILES string of the molecule is CC[C@@H](C)CN(CC(=O)N1CCc2sccc2[C@@H]1COc1ccc(Cl)c(C)c1)C(=O)c1cccc(F)c1. The van der Waals surface area contributed by atoms with Crippen molar-refractivity contribution < 1.29 is 18.7 Å². The molecule has 0 saturated heterocycles. The van der Waals surface area contributed by atoms with Crippen molar-refractivity contribution in [2.24, 2.45) is 5.92 Å². The average molecular weight is 543 g/mol. The van der Waals surface area contributed by atoms with Gasteiger partial charge in [0.2, 0.25) is 5.91 Å². The van der Waals surface area contributed by atoms with E-state index >= 15 is 0 Å². The van der Waals surface area contributed by atoms with Crippen LogP contribution in [0.25, 0.3) is 0 Å². The van der Waals surface area contributed by atoms with Gasteiger partial charge in [-0.2, -0.15) is 0 Å². The first kappa shape index (κ1) is 27.1. The molecule has 2 atom stereocenters. The lowest BCUT2D eigenvalue weighted by Gasteiger charge is -2.37. The van der Waals surface area contributed by atoms with Crippen molar-refractivity contribution in [2.75, 3.05) is 26.2 Å². The molecule has 0 radical (unpaired) electrons. The van der Waals surface area contributed by atoms with Crippen LogP contribution in [0.2, 0.25) is 5.02 Å². The molecule has 2 aromatic carbocycles. The molecule has 0 N–H and O–H groups in total. The minimum Gasteiger partial charge on any atom is -0.491 e. The van der Waals surface area contributed by atoms with Crippen LogP contribution in [-0.4, -0.2) is 47.9 Å². The summed E-state index contributed by atoms with van der Waals surface area (Å²) in [5.74, 6) is -0.0771. The van der Waals surface area contributed by atoms with Gasteiger partial charge in [0, 0.05) is 28.6 Å². The Kier molecular flexibility index (Phi) is 8.87. The highest BCUT2D eigenvalue weighted by Gasteiger charge is 2.34. The number of aryl methyl sites for hydroxylation is 1. The molecule has 2 amide bonds. The van der Waals surface area contributed by atoms with Gasteiger partial charge in [0.25, 0.3) is 5.91 Å². The molecule has 0 spiro atoms. The van der Waals surface area contributed by atoms with Gasteiger partial charge in [0.1, 0.15) is 24.7 Å². The van der Waals surface area contributed by atoms with E-state index in [-0.39, 0.29) is 35.9 Å². The zero-order valence-corrected chi connectivity index (χ0v) is 22.9. The van der Waals surface area contributed by atoms with E-state index in [1.807, 2.05) is 43.2 Å². The zero-order valence-electron chi connectivity index (χ0n) is 21.4. The fourth-order valence-corrected chi connectivity index (χ4v) is 5.59. The molecule has 0 fully saturated rings. The van der Waals surface area contributed by atoms with Crippen LogP contribution < -0.4 is 4.74 Å². The van der Waals surface area contributed by atoms with Gasteiger partial charge in [-0.3, -0.25) is 9.59 Å². The summed E-state index contributed by atoms with van der Waals surface area (Å²) >= 11 is 7.85. The van der Waals surface area contributed by atoms with E-state index < -0.39 is 5.82 Å². The summed E-state index contributed by atoms with van der Waals surface area (Å²) in [6, 6.07) is 12.9. The third-order valence-electron chi connectivity index (χ3n) is 6.87. The highest BCUT2D eigenvalue weighted by Crippen LogP contribution is 2.34. The van der Waals surface area contributed by atoms with E-state index in [2.05, 4.69) is 6.07 Å². The predicted molar refractivity (Wildman–Crippen MR) is 146 cm³/mol. The number of carbonyl (C=O) groups excluding carboxylic acids is 2. The molecule has 3 aromatic rings. The third-order valence-corrected chi connectivity index (χ3v) is 8.29. The third kappa shape index (κ3) is 6.51. The molecule has 4 rings (SSSR count). The standard InChI is InChI=1S/C29H32ClFN2O3S/c1-4-19(2)16-32(29(35)21-6-5-7-22(31)15-21)17-28(34)33-12-10-27-24(11-13-37-27)26(33)18-36-23-8-9-25(30)20(3)14-23/h5-9,11,13-15,19,26H,4,10,12,16-18H2,1-3H3/t19-,26+/m1/s1. The smallest absolute Gasteiger partial charge is 0.254 e. The lowest BCUT2D eigenvalue weighted by atomic mass is 10.00. The van der Waals surface area contributed by atoms with Gasteiger partial charge in [0.15, 0.2) is 0 Å². The largest absolute Gasteiger partial charge is 0.491 e. The van der Waals surface area contributed by atoms with E-state index in [1.54, 1.807) is 28.4 Å². The topological polar surface area (TPSA) is 49.9 Å². The highest BCUT2D eigenvalue weighted by atomic mass is 35.5. The van der Waals surface area contributed by atoms with Gasteiger partial charge in [-0.25, -0.2) is 4.39 Å². The second kappa shape index (κ2) is 12.1. The summed E-state index contributed by atoms with van der Waals surface area (Å²) in [4.78, 5) is 31.7. The van der Waals surface area contributed by atoms with E-state index in [1.165, 1.54) is 23.1 Å². The van der Waals surface area contributed by atoms with Crippen molar-refractivity contribution in [2.45, 2.75) is 39.7 Å². The molecule has 2 heterocycles. The van der Waals surface area contributed by atoms with Crippen molar-refractivity contribution in [1.29, 1.82) is 0 Å². The maximum absolute atomic E-state index is 13.8. The summed E-state index contributed by atoms with van der Waals surface area (Å²) in [6.45, 7) is 7.19. The van der Waals surface area contributed by atoms with E-state index in [0.29, 0.717) is 30.5 Å². The fourth-order valence-electron chi connectivity index (χ4n) is 4.54. The molecular formula is C29H32ClFN2O3S. The van der Waals surface area contributed by atoms with Gasteiger partial charge < -0.3 is 14.5 Å². The monoisotopic (exact) mass is 542 g/mol. The fraction of sp³-hybridized carbons (Fsp3) is 0.379. The summed E-state index contributed by atoms with van der Waals surface area (Å²) < 4.78 is 20.0. The minimum atomic E-state index is -0.476. The Morgan fingerprint density at radius 1 is 1.24 bits per heavy atom. The molecule has 0 aliphatic carbocycles. The first-order valence-electron chi connectivity index (χ1n) is 12.6. The number of hydrogen-bond donors (Lipinski definition) is 0. The lowest BCUT2D eigenvalue weighted by Crippen LogP contribution is -2.48. The summed E-state index contributed by atoms with van der Waals surface area (Å²) in [7, 11) is 0. The highest BCUT2D eigenvalue weighted by molar-refractivity contribution is 7.10. The first-order chi connectivity index (χ1) is 17.8. The number of amides is 2. The maximum Gasteiger partial charge on any atom is 0.254 e. The van der Waals surface area contributed by atoms with Crippen LogP contribution in [0.5, 0.6) is 5.75 Å². The number of rotatable bonds is 9. The van der Waals surface area contributed by atoms with Crippen LogP contribution in [0.15, 0.2) is 53.9 Å². The number of thiophene rings is 1. The number of carbonyl (C=O) groups is 2. The summed E-state index contributed by atoms with van der Waals surface area (Å²) in [5, 5.41) is 2.71. The Morgan fingerprint density at radius 3 is 2.78 bits per heavy atom. The molecular weight excluding hydrogens is 511 g/mol. The normalized spacial score (nSPS) is 15.7. The summed E-state index contributed by atoms with van der Waals surface area (Å²) in [5.41, 5.74) is 2.25. The van der Waals surface area contributed by atoms with E-state index in [0.717, 1.165) is 24.0 Å². The molecule has 8 heteroatoms. The second-order valence-corrected chi connectivity index (χ2v) is 11.0. The van der Waals surface area contributed by atoms with Gasteiger partial charge in [-0.1, -0.05) is 37.9 Å². The van der Waals surface area contributed by atoms with Crippen LogP contribution in [0.1, 0.15) is 52.7 Å². The van der Waals surface area contributed by atoms with E-state index in [4.69, 9.17) is 16.3 Å². The van der Waals surface area contributed by atoms with Crippen LogP contribution in [0, 0.1) is 18.7 Å². The van der Waals surface area contributed by atoms with Crippen LogP contribution in [0.4, 0.5) is 4.39 Å². The molecule has 0 unspecified atom stereocenters. The molecule has 1 aliphatic rings. The molecule has 0 saturated carbocycles. The van der Waals surface area contributed by atoms with E-state index in [9.17, 15) is 14.0 Å². The van der Waals surface area contributed by atoms with Crippen molar-refractivity contribution in [3.8, 4) is 5.75 Å². The van der Waals surface area contributed by atoms with Crippen molar-refractivity contribution >= 4 is 34.8 Å². The zero-order chi connectivity index (χ0) is 26.5. The van der Waals surface area contributed by atoms with Gasteiger partial charge in [-0.15, -0.1) is 11.3 Å². The number of nitrogens with zero attached hydrogens (tertiary/aromatic N) is 2. The number of fused-ring (bicyclic) bond motifs is 1. The van der Waals surface area contributed by atoms with Gasteiger partial charge >= 0.3 is 0 Å². The molecule has 1 aromatic heterocycles. The Morgan fingerprint density at radius 2 is 2.05 bits per heavy atom. The quantitative estimate of drug-likeness (QED) is 0.308. The maximum atomic E-state index is 13.8. The van der Waals surface area contributed by atoms with Crippen molar-refractivity contribution in [1.82, 2.24) is 9.80 Å². The lowest BCUT2D eigenvalue weighted by molar-refractivity contribution is -0.135. The molecule has 196 valence electrons. The Bertz CT molecular complexity index is 1260. The number of halogens is 2. The second-order valence-electron chi connectivity index (χ2n) is 9.58. The number of hydrogen-bond acceptors (Lipinski definition) is 4. The Hall–Kier alpha value is -2.90. The predicted octanol–water partition coefficient (Wildman–Crippen LogP) is 6.54. The van der Waals surface area contributed by atoms with Gasteiger partial charge in [0.05, 0.1) is 6.04 Å². The van der Waals surface area contributed by atoms with Crippen molar-refractivity contribution in [3.05, 3.63) is 86.3 Å². The van der Waals surface area contributed by atoms with Crippen LogP contribution in [-0.2, 0) is 11.2 Å². The molecule has 0 bridgehead atoms. The Labute approximate surface area is 226 Å². The first-order valence-corrected chi connectivity index (χ1v) is 13.8. The minimum absolute atomic E-state index is 0.0737. The Balaban J connectivity index is 1.55. The van der Waals surface area contributed by atoms with Gasteiger partial charge in [-0.05, 0) is 78.2 Å². The molecule has 5 nitrogen and oxygen atoms in total. The van der Waals surface area contributed by atoms with Crippen LogP contribution >= 0.6 is 22.9 Å².